The van der Waals surface area contributed by atoms with Crippen LogP contribution < -0.4 is 0 Å². The van der Waals surface area contributed by atoms with Crippen molar-refractivity contribution in [2.75, 3.05) is 33.9 Å². The van der Waals surface area contributed by atoms with Gasteiger partial charge in [-0.1, -0.05) is 49.5 Å². The van der Waals surface area contributed by atoms with Crippen molar-refractivity contribution in [2.24, 2.45) is 11.8 Å². The Bertz CT molecular complexity index is 1070. The fourth-order valence-corrected chi connectivity index (χ4v) is 7.60. The van der Waals surface area contributed by atoms with Gasteiger partial charge in [0.25, 0.3) is 15.9 Å². The molecule has 2 fully saturated rings. The highest BCUT2D eigenvalue weighted by Gasteiger charge is 2.64. The van der Waals surface area contributed by atoms with Crippen LogP contribution in [0.2, 0.25) is 25.7 Å². The first-order valence-corrected chi connectivity index (χ1v) is 17.2. The summed E-state index contributed by atoms with van der Waals surface area (Å²) in [5.41, 5.74) is -0.516. The fraction of sp³-hybridized carbons (Fsp3) is 0.600. The van der Waals surface area contributed by atoms with Gasteiger partial charge in [-0.3, -0.25) is 9.69 Å². The van der Waals surface area contributed by atoms with Gasteiger partial charge in [0, 0.05) is 34.2 Å². The summed E-state index contributed by atoms with van der Waals surface area (Å²) in [4.78, 5) is 28.4. The minimum absolute atomic E-state index is 0.00434. The number of benzene rings is 1. The zero-order valence-corrected chi connectivity index (χ0v) is 23.4. The summed E-state index contributed by atoms with van der Waals surface area (Å²) < 4.78 is 38.4. The van der Waals surface area contributed by atoms with Crippen molar-refractivity contribution >= 4 is 30.1 Å². The largest absolute Gasteiger partial charge is 0.453 e. The molecule has 0 saturated carbocycles. The molecule has 2 aliphatic heterocycles. The maximum Gasteiger partial charge on any atom is 0.410 e. The van der Waals surface area contributed by atoms with Crippen molar-refractivity contribution in [3.8, 4) is 0 Å². The third-order valence-corrected chi connectivity index (χ3v) is 10.3. The number of carbonyl (C=O) groups excluding carboxylic acids is 2. The van der Waals surface area contributed by atoms with E-state index in [4.69, 9.17) is 9.47 Å². The summed E-state index contributed by atoms with van der Waals surface area (Å²) in [5, 5.41) is 0. The second-order valence-electron chi connectivity index (χ2n) is 10.8. The zero-order chi connectivity index (χ0) is 26.0. The Morgan fingerprint density at radius 1 is 1.17 bits per heavy atom. The molecule has 2 aliphatic rings. The Balaban J connectivity index is 1.99. The van der Waals surface area contributed by atoms with E-state index in [0.29, 0.717) is 19.4 Å². The molecule has 35 heavy (non-hydrogen) atoms. The van der Waals surface area contributed by atoms with Gasteiger partial charge in [0.2, 0.25) is 0 Å². The van der Waals surface area contributed by atoms with Crippen molar-refractivity contribution in [1.29, 1.82) is 0 Å². The van der Waals surface area contributed by atoms with E-state index < -0.39 is 35.6 Å². The summed E-state index contributed by atoms with van der Waals surface area (Å²) in [5.74, 6) is -0.875. The maximum absolute atomic E-state index is 14.0. The smallest absolute Gasteiger partial charge is 0.410 e. The number of rotatable bonds is 8. The number of allylic oxidation sites excluding steroid dienone is 2. The van der Waals surface area contributed by atoms with Crippen LogP contribution >= 0.6 is 0 Å². The number of nitrogens with zero attached hydrogens (tertiary/aromatic N) is 2. The van der Waals surface area contributed by atoms with E-state index in [2.05, 4.69) is 31.8 Å². The van der Waals surface area contributed by atoms with Crippen LogP contribution in [0, 0.1) is 18.8 Å². The summed E-state index contributed by atoms with van der Waals surface area (Å²) in [7, 11) is -2.59. The second-order valence-corrected chi connectivity index (χ2v) is 18.2. The van der Waals surface area contributed by atoms with Gasteiger partial charge in [-0.15, -0.1) is 0 Å². The molecule has 3 atom stereocenters. The first-order chi connectivity index (χ1) is 16.4. The number of sulfonamides is 1. The van der Waals surface area contributed by atoms with E-state index in [1.165, 1.54) is 31.3 Å². The van der Waals surface area contributed by atoms with Crippen molar-refractivity contribution < 1.29 is 27.5 Å². The summed E-state index contributed by atoms with van der Waals surface area (Å²) in [6, 6.07) is 7.47. The van der Waals surface area contributed by atoms with Gasteiger partial charge in [-0.05, 0) is 43.9 Å². The molecule has 0 spiro atoms. The van der Waals surface area contributed by atoms with Gasteiger partial charge in [0.15, 0.2) is 5.54 Å². The summed E-state index contributed by atoms with van der Waals surface area (Å²) in [6.45, 7) is 9.05. The maximum atomic E-state index is 14.0. The number of carbonyl (C=O) groups is 2. The molecule has 0 unspecified atom stereocenters. The Hall–Kier alpha value is -2.17. The van der Waals surface area contributed by atoms with E-state index in [0.717, 1.165) is 15.9 Å². The lowest BCUT2D eigenvalue weighted by atomic mass is 9.74. The Kier molecular flexibility index (Phi) is 8.18. The molecule has 0 aliphatic carbocycles. The zero-order valence-electron chi connectivity index (χ0n) is 21.6. The lowest BCUT2D eigenvalue weighted by molar-refractivity contribution is -0.147. The number of piperidine rings is 1. The van der Waals surface area contributed by atoms with E-state index in [1.54, 1.807) is 12.1 Å². The molecule has 194 valence electrons. The molecule has 1 aromatic rings. The van der Waals surface area contributed by atoms with Gasteiger partial charge >= 0.3 is 6.09 Å². The number of ether oxygens (including phenoxy) is 2. The standard InChI is InChI=1S/C25H38N2O6SSi/c1-19-10-12-21(13-11-19)34(30,31)27-15-14-22-20(9-7-8-16-35(4,5)6)17-26(24(29)33-3)25(22,18-32-2)23(27)28/h7-8,10-13,20,22H,9,14-18H2,1-6H3/b8-7+/t20-,22-,25+/m1/s1. The van der Waals surface area contributed by atoms with Gasteiger partial charge in [-0.25, -0.2) is 17.5 Å². The quantitative estimate of drug-likeness (QED) is 0.380. The molecule has 2 amide bonds. The van der Waals surface area contributed by atoms with Crippen LogP contribution in [-0.2, 0) is 24.3 Å². The number of aryl methyl sites for hydroxylation is 1. The van der Waals surface area contributed by atoms with Crippen LogP contribution in [0.1, 0.15) is 18.4 Å². The van der Waals surface area contributed by atoms with Gasteiger partial charge in [-0.2, -0.15) is 0 Å². The van der Waals surface area contributed by atoms with Gasteiger partial charge < -0.3 is 9.47 Å². The van der Waals surface area contributed by atoms with Crippen molar-refractivity contribution in [2.45, 2.75) is 55.9 Å². The van der Waals surface area contributed by atoms with Crippen molar-refractivity contribution in [3.63, 3.8) is 0 Å². The highest BCUT2D eigenvalue weighted by molar-refractivity contribution is 7.89. The highest BCUT2D eigenvalue weighted by Crippen LogP contribution is 2.48. The molecular formula is C25H38N2O6SSi. The molecule has 0 radical (unpaired) electrons. The average Bonchev–Trinajstić information content (AvgIpc) is 3.11. The molecule has 8 nitrogen and oxygen atoms in total. The number of methoxy groups -OCH3 is 2. The molecule has 1 aromatic carbocycles. The van der Waals surface area contributed by atoms with Gasteiger partial charge in [0.05, 0.1) is 18.6 Å². The summed E-state index contributed by atoms with van der Waals surface area (Å²) >= 11 is 0. The first kappa shape index (κ1) is 27.4. The molecule has 10 heteroatoms. The van der Waals surface area contributed by atoms with Crippen molar-refractivity contribution in [3.05, 3.63) is 42.0 Å². The number of fused-ring (bicyclic) bond motifs is 1. The highest BCUT2D eigenvalue weighted by atomic mass is 32.2. The molecule has 2 saturated heterocycles. The van der Waals surface area contributed by atoms with E-state index in [-0.39, 0.29) is 29.9 Å². The minimum atomic E-state index is -4.09. The SMILES string of the molecule is COC[C@@]12C(=O)N(S(=O)(=O)c3ccc(C)cc3)CC[C@@H]1[C@H](C/C=C/C[Si](C)(C)C)CN2C(=O)OC. The van der Waals surface area contributed by atoms with E-state index in [9.17, 15) is 18.0 Å². The number of likely N-dealkylation sites (tertiary alicyclic amines) is 1. The molecule has 3 rings (SSSR count). The molecule has 0 N–H and O–H groups in total. The third-order valence-electron chi connectivity index (χ3n) is 7.03. The van der Waals surface area contributed by atoms with Crippen LogP contribution in [0.5, 0.6) is 0 Å². The lowest BCUT2D eigenvalue weighted by Gasteiger charge is -2.46. The Morgan fingerprint density at radius 2 is 1.83 bits per heavy atom. The predicted molar refractivity (Wildman–Crippen MR) is 137 cm³/mol. The van der Waals surface area contributed by atoms with Gasteiger partial charge in [0.1, 0.15) is 0 Å². The van der Waals surface area contributed by atoms with E-state index in [1.807, 2.05) is 6.92 Å². The number of amides is 2. The number of hydrogen-bond acceptors (Lipinski definition) is 6. The fourth-order valence-electron chi connectivity index (χ4n) is 5.26. The molecule has 0 bridgehead atoms. The monoisotopic (exact) mass is 522 g/mol. The van der Waals surface area contributed by atoms with Crippen LogP contribution in [0.4, 0.5) is 4.79 Å². The van der Waals surface area contributed by atoms with Crippen LogP contribution in [-0.4, -0.2) is 77.2 Å². The first-order valence-electron chi connectivity index (χ1n) is 12.0. The Morgan fingerprint density at radius 3 is 2.40 bits per heavy atom. The van der Waals surface area contributed by atoms with E-state index >= 15 is 0 Å². The Labute approximate surface area is 210 Å². The van der Waals surface area contributed by atoms with Crippen LogP contribution in [0.15, 0.2) is 41.3 Å². The minimum Gasteiger partial charge on any atom is -0.453 e. The normalized spacial score (nSPS) is 25.3. The lowest BCUT2D eigenvalue weighted by Crippen LogP contribution is -2.67. The van der Waals surface area contributed by atoms with Crippen molar-refractivity contribution in [1.82, 2.24) is 9.21 Å². The van der Waals surface area contributed by atoms with Crippen LogP contribution in [0.25, 0.3) is 0 Å². The van der Waals surface area contributed by atoms with Crippen LogP contribution in [0.3, 0.4) is 0 Å². The average molecular weight is 523 g/mol. The molecule has 2 heterocycles. The third kappa shape index (κ3) is 5.34. The molecular weight excluding hydrogens is 484 g/mol. The second kappa shape index (κ2) is 10.4. The predicted octanol–water partition coefficient (Wildman–Crippen LogP) is 3.90. The molecule has 0 aromatic heterocycles. The topological polar surface area (TPSA) is 93.2 Å². The summed E-state index contributed by atoms with van der Waals surface area (Å²) in [6.07, 6.45) is 4.83. The number of hydrogen-bond donors (Lipinski definition) is 0.